The molecule has 1 heterocycles. The minimum Gasteiger partial charge on any atom is -0.330 e. The number of nitrogens with two attached hydrogens (primary N) is 1. The standard InChI is InChI=1S/C15H23FN2/c1-11-7-13(5-6-15(11)16)9-18-10-14(8-17)4-3-12(18)2/h5-7,12,14H,3-4,8-10,17H2,1-2H3. The van der Waals surface area contributed by atoms with Crippen LogP contribution in [0.15, 0.2) is 18.2 Å². The molecule has 0 bridgehead atoms. The molecule has 2 unspecified atom stereocenters. The van der Waals surface area contributed by atoms with Gasteiger partial charge in [0.1, 0.15) is 5.82 Å². The molecule has 0 radical (unpaired) electrons. The fourth-order valence-electron chi connectivity index (χ4n) is 2.71. The largest absolute Gasteiger partial charge is 0.330 e. The molecule has 2 rings (SSSR count). The van der Waals surface area contributed by atoms with Crippen molar-refractivity contribution in [1.29, 1.82) is 0 Å². The Balaban J connectivity index is 2.04. The molecule has 0 spiro atoms. The number of likely N-dealkylation sites (tertiary alicyclic amines) is 1. The van der Waals surface area contributed by atoms with Crippen molar-refractivity contribution in [2.75, 3.05) is 13.1 Å². The van der Waals surface area contributed by atoms with Gasteiger partial charge in [-0.05, 0) is 56.3 Å². The van der Waals surface area contributed by atoms with Gasteiger partial charge in [-0.3, -0.25) is 4.90 Å². The maximum Gasteiger partial charge on any atom is 0.126 e. The van der Waals surface area contributed by atoms with E-state index in [0.29, 0.717) is 12.0 Å². The summed E-state index contributed by atoms with van der Waals surface area (Å²) >= 11 is 0. The highest BCUT2D eigenvalue weighted by Crippen LogP contribution is 2.23. The summed E-state index contributed by atoms with van der Waals surface area (Å²) in [6.07, 6.45) is 2.44. The molecule has 2 atom stereocenters. The first-order valence-electron chi connectivity index (χ1n) is 6.79. The zero-order valence-electron chi connectivity index (χ0n) is 11.3. The second-order valence-electron chi connectivity index (χ2n) is 5.54. The smallest absolute Gasteiger partial charge is 0.126 e. The van der Waals surface area contributed by atoms with Gasteiger partial charge in [-0.1, -0.05) is 12.1 Å². The zero-order chi connectivity index (χ0) is 13.1. The Morgan fingerprint density at radius 2 is 2.17 bits per heavy atom. The summed E-state index contributed by atoms with van der Waals surface area (Å²) in [6.45, 7) is 6.82. The molecule has 0 aromatic heterocycles. The van der Waals surface area contributed by atoms with E-state index in [4.69, 9.17) is 5.73 Å². The van der Waals surface area contributed by atoms with Gasteiger partial charge in [0, 0.05) is 19.1 Å². The molecule has 0 amide bonds. The average Bonchev–Trinajstić information content (AvgIpc) is 2.36. The van der Waals surface area contributed by atoms with Crippen molar-refractivity contribution in [2.24, 2.45) is 11.7 Å². The fourth-order valence-corrected chi connectivity index (χ4v) is 2.71. The lowest BCUT2D eigenvalue weighted by Gasteiger charge is -2.37. The number of benzene rings is 1. The lowest BCUT2D eigenvalue weighted by atomic mass is 9.93. The van der Waals surface area contributed by atoms with Gasteiger partial charge in [0.25, 0.3) is 0 Å². The molecule has 1 aromatic rings. The molecule has 3 heteroatoms. The van der Waals surface area contributed by atoms with Crippen molar-refractivity contribution in [2.45, 2.75) is 39.3 Å². The minimum absolute atomic E-state index is 0.120. The van der Waals surface area contributed by atoms with E-state index in [1.54, 1.807) is 6.07 Å². The summed E-state index contributed by atoms with van der Waals surface area (Å²) in [6, 6.07) is 6.01. The maximum atomic E-state index is 13.2. The third-order valence-corrected chi connectivity index (χ3v) is 4.05. The highest BCUT2D eigenvalue weighted by Gasteiger charge is 2.24. The monoisotopic (exact) mass is 250 g/mol. The highest BCUT2D eigenvalue weighted by atomic mass is 19.1. The minimum atomic E-state index is -0.120. The van der Waals surface area contributed by atoms with Gasteiger partial charge in [0.15, 0.2) is 0 Å². The Bertz CT molecular complexity index is 405. The molecule has 2 nitrogen and oxygen atoms in total. The highest BCUT2D eigenvalue weighted by molar-refractivity contribution is 5.24. The second kappa shape index (κ2) is 5.81. The van der Waals surface area contributed by atoms with Crippen molar-refractivity contribution < 1.29 is 4.39 Å². The summed E-state index contributed by atoms with van der Waals surface area (Å²) in [4.78, 5) is 2.47. The third-order valence-electron chi connectivity index (χ3n) is 4.05. The van der Waals surface area contributed by atoms with Crippen LogP contribution in [0.2, 0.25) is 0 Å². The molecule has 0 saturated carbocycles. The molecule has 1 aliphatic rings. The first kappa shape index (κ1) is 13.5. The van der Waals surface area contributed by atoms with Gasteiger partial charge >= 0.3 is 0 Å². The number of hydrogen-bond donors (Lipinski definition) is 1. The number of hydrogen-bond acceptors (Lipinski definition) is 2. The number of aryl methyl sites for hydroxylation is 1. The number of halogens is 1. The van der Waals surface area contributed by atoms with E-state index in [0.717, 1.165) is 25.2 Å². The molecule has 100 valence electrons. The average molecular weight is 250 g/mol. The molecule has 1 saturated heterocycles. The van der Waals surface area contributed by atoms with Crippen LogP contribution >= 0.6 is 0 Å². The second-order valence-corrected chi connectivity index (χ2v) is 5.54. The van der Waals surface area contributed by atoms with E-state index in [2.05, 4.69) is 11.8 Å². The van der Waals surface area contributed by atoms with Crippen LogP contribution in [0.4, 0.5) is 4.39 Å². The van der Waals surface area contributed by atoms with E-state index in [1.807, 2.05) is 19.1 Å². The summed E-state index contributed by atoms with van der Waals surface area (Å²) in [5.74, 6) is 0.494. The van der Waals surface area contributed by atoms with Crippen LogP contribution in [0.1, 0.15) is 30.9 Å². The van der Waals surface area contributed by atoms with E-state index < -0.39 is 0 Å². The summed E-state index contributed by atoms with van der Waals surface area (Å²) in [7, 11) is 0. The Hall–Kier alpha value is -0.930. The fraction of sp³-hybridized carbons (Fsp3) is 0.600. The van der Waals surface area contributed by atoms with Crippen molar-refractivity contribution in [1.82, 2.24) is 4.90 Å². The van der Waals surface area contributed by atoms with Crippen LogP contribution in [0.25, 0.3) is 0 Å². The first-order valence-corrected chi connectivity index (χ1v) is 6.79. The number of rotatable bonds is 3. The predicted molar refractivity (Wildman–Crippen MR) is 72.8 cm³/mol. The summed E-state index contributed by atoms with van der Waals surface area (Å²) in [5, 5.41) is 0. The quantitative estimate of drug-likeness (QED) is 0.893. The van der Waals surface area contributed by atoms with Crippen molar-refractivity contribution in [3.63, 3.8) is 0 Å². The van der Waals surface area contributed by atoms with Crippen LogP contribution in [0, 0.1) is 18.7 Å². The van der Waals surface area contributed by atoms with Crippen molar-refractivity contribution >= 4 is 0 Å². The van der Waals surface area contributed by atoms with Gasteiger partial charge in [0.2, 0.25) is 0 Å². The zero-order valence-corrected chi connectivity index (χ0v) is 11.3. The first-order chi connectivity index (χ1) is 8.60. The molecule has 2 N–H and O–H groups in total. The molecular weight excluding hydrogens is 227 g/mol. The maximum absolute atomic E-state index is 13.2. The lowest BCUT2D eigenvalue weighted by Crippen LogP contribution is -2.43. The van der Waals surface area contributed by atoms with E-state index in [1.165, 1.54) is 18.4 Å². The molecule has 1 aromatic carbocycles. The number of piperidine rings is 1. The number of nitrogens with zero attached hydrogens (tertiary/aromatic N) is 1. The van der Waals surface area contributed by atoms with Gasteiger partial charge in [-0.25, -0.2) is 4.39 Å². The van der Waals surface area contributed by atoms with Crippen LogP contribution < -0.4 is 5.73 Å². The van der Waals surface area contributed by atoms with Crippen LogP contribution in [-0.4, -0.2) is 24.0 Å². The molecule has 0 aliphatic carbocycles. The topological polar surface area (TPSA) is 29.3 Å². The van der Waals surface area contributed by atoms with Crippen LogP contribution in [-0.2, 0) is 6.54 Å². The molecule has 1 fully saturated rings. The Kier molecular flexibility index (Phi) is 4.36. The third kappa shape index (κ3) is 3.09. The van der Waals surface area contributed by atoms with Crippen molar-refractivity contribution in [3.8, 4) is 0 Å². The summed E-state index contributed by atoms with van der Waals surface area (Å²) < 4.78 is 13.2. The molecule has 18 heavy (non-hydrogen) atoms. The summed E-state index contributed by atoms with van der Waals surface area (Å²) in [5.41, 5.74) is 7.69. The molecular formula is C15H23FN2. The van der Waals surface area contributed by atoms with E-state index in [9.17, 15) is 4.39 Å². The predicted octanol–water partition coefficient (Wildman–Crippen LogP) is 2.69. The van der Waals surface area contributed by atoms with Crippen molar-refractivity contribution in [3.05, 3.63) is 35.1 Å². The Morgan fingerprint density at radius 3 is 2.83 bits per heavy atom. The molecule has 1 aliphatic heterocycles. The van der Waals surface area contributed by atoms with Crippen LogP contribution in [0.3, 0.4) is 0 Å². The SMILES string of the molecule is Cc1cc(CN2CC(CN)CCC2C)ccc1F. The van der Waals surface area contributed by atoms with Gasteiger partial charge in [-0.2, -0.15) is 0 Å². The normalized spacial score (nSPS) is 25.3. The van der Waals surface area contributed by atoms with Gasteiger partial charge in [0.05, 0.1) is 0 Å². The Morgan fingerprint density at radius 1 is 1.39 bits per heavy atom. The van der Waals surface area contributed by atoms with Crippen LogP contribution in [0.5, 0.6) is 0 Å². The van der Waals surface area contributed by atoms with Gasteiger partial charge < -0.3 is 5.73 Å². The van der Waals surface area contributed by atoms with Gasteiger partial charge in [-0.15, -0.1) is 0 Å². The lowest BCUT2D eigenvalue weighted by molar-refractivity contribution is 0.113. The Labute approximate surface area is 109 Å². The van der Waals surface area contributed by atoms with E-state index >= 15 is 0 Å². The van der Waals surface area contributed by atoms with E-state index in [-0.39, 0.29) is 5.82 Å².